The summed E-state index contributed by atoms with van der Waals surface area (Å²) in [6.07, 6.45) is 0.727. The highest BCUT2D eigenvalue weighted by atomic mass is 35.5. The van der Waals surface area contributed by atoms with Gasteiger partial charge in [0.15, 0.2) is 5.65 Å². The summed E-state index contributed by atoms with van der Waals surface area (Å²) in [6.45, 7) is 2.88. The van der Waals surface area contributed by atoms with Crippen LogP contribution in [0.4, 0.5) is 0 Å². The quantitative estimate of drug-likeness (QED) is 0.674. The highest BCUT2D eigenvalue weighted by Gasteiger charge is 2.13. The number of hydrogen-bond acceptors (Lipinski definition) is 4. The molecule has 0 fully saturated rings. The Bertz CT molecular complexity index is 765. The van der Waals surface area contributed by atoms with Gasteiger partial charge in [-0.3, -0.25) is 0 Å². The molecule has 0 saturated heterocycles. The van der Waals surface area contributed by atoms with Crippen molar-refractivity contribution in [3.63, 3.8) is 0 Å². The molecule has 0 atom stereocenters. The Morgan fingerprint density at radius 3 is 2.76 bits per heavy atom. The molecule has 0 N–H and O–H groups in total. The lowest BCUT2D eigenvalue weighted by molar-refractivity contribution is 0.399. The minimum absolute atomic E-state index is 0.546. The molecule has 0 aromatic carbocycles. The summed E-state index contributed by atoms with van der Waals surface area (Å²) in [6, 6.07) is 8.05. The lowest BCUT2D eigenvalue weighted by atomic mass is 10.4. The molecule has 0 aliphatic carbocycles. The smallest absolute Gasteiger partial charge is 0.215 e. The van der Waals surface area contributed by atoms with Crippen molar-refractivity contribution >= 4 is 34.1 Å². The molecule has 3 aromatic rings. The Balaban J connectivity index is 2.09. The monoisotopic (exact) mass is 321 g/mol. The van der Waals surface area contributed by atoms with Gasteiger partial charge in [-0.1, -0.05) is 0 Å². The van der Waals surface area contributed by atoms with E-state index in [1.54, 1.807) is 18.4 Å². The molecule has 0 radical (unpaired) electrons. The van der Waals surface area contributed by atoms with Gasteiger partial charge in [-0.05, 0) is 25.1 Å². The third-order valence-electron chi connectivity index (χ3n) is 3.28. The first-order valence-electron chi connectivity index (χ1n) is 6.72. The fraction of sp³-hybridized carbons (Fsp3) is 0.333. The van der Waals surface area contributed by atoms with E-state index in [0.717, 1.165) is 30.0 Å². The van der Waals surface area contributed by atoms with Gasteiger partial charge in [0.2, 0.25) is 5.88 Å². The van der Waals surface area contributed by atoms with Crippen molar-refractivity contribution in [1.82, 2.24) is 14.5 Å². The number of nitrogens with zero attached hydrogens (tertiary/aromatic N) is 3. The van der Waals surface area contributed by atoms with E-state index >= 15 is 0 Å². The largest absolute Gasteiger partial charge is 0.481 e. The van der Waals surface area contributed by atoms with Crippen LogP contribution >= 0.6 is 22.9 Å². The molecule has 21 heavy (non-hydrogen) atoms. The average molecular weight is 322 g/mol. The number of alkyl halides is 1. The SMILES string of the molecule is COc1ccc2nc(CCCl)n(Cc3ccc(C)s3)c2n1. The number of fused-ring (bicyclic) bond motifs is 1. The van der Waals surface area contributed by atoms with Crippen LogP contribution in [0.25, 0.3) is 11.2 Å². The van der Waals surface area contributed by atoms with Gasteiger partial charge in [-0.2, -0.15) is 4.98 Å². The summed E-state index contributed by atoms with van der Waals surface area (Å²) in [5.41, 5.74) is 1.73. The Kier molecular flexibility index (Phi) is 4.12. The Labute approximate surface area is 132 Å². The van der Waals surface area contributed by atoms with Crippen molar-refractivity contribution in [3.05, 3.63) is 39.8 Å². The molecular formula is C15H16ClN3OS. The molecule has 0 aliphatic rings. The Hall–Kier alpha value is -1.59. The Morgan fingerprint density at radius 1 is 1.24 bits per heavy atom. The molecule has 0 bridgehead atoms. The van der Waals surface area contributed by atoms with E-state index in [9.17, 15) is 0 Å². The van der Waals surface area contributed by atoms with Crippen molar-refractivity contribution in [2.75, 3.05) is 13.0 Å². The van der Waals surface area contributed by atoms with Crippen molar-refractivity contribution in [2.24, 2.45) is 0 Å². The van der Waals surface area contributed by atoms with E-state index in [1.807, 2.05) is 12.1 Å². The second kappa shape index (κ2) is 6.03. The molecule has 6 heteroatoms. The molecule has 0 aliphatic heterocycles. The topological polar surface area (TPSA) is 39.9 Å². The number of methoxy groups -OCH3 is 1. The van der Waals surface area contributed by atoms with Crippen LogP contribution in [0.1, 0.15) is 15.6 Å². The van der Waals surface area contributed by atoms with Crippen LogP contribution in [0.5, 0.6) is 5.88 Å². The van der Waals surface area contributed by atoms with Crippen LogP contribution in [-0.2, 0) is 13.0 Å². The highest BCUT2D eigenvalue weighted by Crippen LogP contribution is 2.23. The first-order valence-corrected chi connectivity index (χ1v) is 8.08. The van der Waals surface area contributed by atoms with Gasteiger partial charge in [0, 0.05) is 28.1 Å². The van der Waals surface area contributed by atoms with E-state index in [-0.39, 0.29) is 0 Å². The third-order valence-corrected chi connectivity index (χ3v) is 4.46. The maximum absolute atomic E-state index is 5.91. The molecule has 0 spiro atoms. The lowest BCUT2D eigenvalue weighted by Gasteiger charge is -2.07. The van der Waals surface area contributed by atoms with Crippen LogP contribution < -0.4 is 4.74 Å². The van der Waals surface area contributed by atoms with Gasteiger partial charge < -0.3 is 9.30 Å². The van der Waals surface area contributed by atoms with Gasteiger partial charge in [0.05, 0.1) is 13.7 Å². The summed E-state index contributed by atoms with van der Waals surface area (Å²) in [4.78, 5) is 11.8. The molecule has 3 aromatic heterocycles. The fourth-order valence-electron chi connectivity index (χ4n) is 2.31. The molecule has 4 nitrogen and oxygen atoms in total. The zero-order chi connectivity index (χ0) is 14.8. The summed E-state index contributed by atoms with van der Waals surface area (Å²) in [5.74, 6) is 2.11. The van der Waals surface area contributed by atoms with Gasteiger partial charge >= 0.3 is 0 Å². The number of ether oxygens (including phenoxy) is 1. The van der Waals surface area contributed by atoms with Crippen LogP contribution in [-0.4, -0.2) is 27.5 Å². The van der Waals surface area contributed by atoms with E-state index in [0.29, 0.717) is 11.8 Å². The molecular weight excluding hydrogens is 306 g/mol. The maximum atomic E-state index is 5.91. The number of hydrogen-bond donors (Lipinski definition) is 0. The summed E-state index contributed by atoms with van der Waals surface area (Å²) in [5, 5.41) is 0. The zero-order valence-corrected chi connectivity index (χ0v) is 13.5. The molecule has 110 valence electrons. The first kappa shape index (κ1) is 14.4. The average Bonchev–Trinajstić information content (AvgIpc) is 3.04. The third kappa shape index (κ3) is 2.89. The number of rotatable bonds is 5. The van der Waals surface area contributed by atoms with E-state index in [1.165, 1.54) is 9.75 Å². The normalized spacial score (nSPS) is 11.2. The zero-order valence-electron chi connectivity index (χ0n) is 12.0. The predicted molar refractivity (Wildman–Crippen MR) is 86.7 cm³/mol. The maximum Gasteiger partial charge on any atom is 0.215 e. The minimum atomic E-state index is 0.546. The predicted octanol–water partition coefficient (Wildman–Crippen LogP) is 3.64. The number of halogens is 1. The van der Waals surface area contributed by atoms with Crippen molar-refractivity contribution in [1.29, 1.82) is 0 Å². The van der Waals surface area contributed by atoms with Gasteiger partial charge in [0.1, 0.15) is 11.3 Å². The van der Waals surface area contributed by atoms with E-state index in [4.69, 9.17) is 16.3 Å². The standard InChI is InChI=1S/C15H16ClN3OS/c1-10-3-4-11(21-10)9-19-13(7-8-16)17-12-5-6-14(20-2)18-15(12)19/h3-6H,7-9H2,1-2H3. The summed E-state index contributed by atoms with van der Waals surface area (Å²) >= 11 is 7.70. The number of thiophene rings is 1. The van der Waals surface area contributed by atoms with Crippen molar-refractivity contribution < 1.29 is 4.74 Å². The number of pyridine rings is 1. The molecule has 3 heterocycles. The fourth-order valence-corrected chi connectivity index (χ4v) is 3.36. The van der Waals surface area contributed by atoms with E-state index in [2.05, 4.69) is 33.6 Å². The number of imidazole rings is 1. The highest BCUT2D eigenvalue weighted by molar-refractivity contribution is 7.11. The molecule has 0 amide bonds. The van der Waals surface area contributed by atoms with E-state index < -0.39 is 0 Å². The Morgan fingerprint density at radius 2 is 2.10 bits per heavy atom. The number of aromatic nitrogens is 3. The molecule has 3 rings (SSSR count). The van der Waals surface area contributed by atoms with Gasteiger partial charge in [0.25, 0.3) is 0 Å². The van der Waals surface area contributed by atoms with Crippen molar-refractivity contribution in [3.8, 4) is 5.88 Å². The number of aryl methyl sites for hydroxylation is 2. The molecule has 0 unspecified atom stereocenters. The van der Waals surface area contributed by atoms with Crippen LogP contribution in [0.3, 0.4) is 0 Å². The molecule has 0 saturated carbocycles. The van der Waals surface area contributed by atoms with Crippen LogP contribution in [0, 0.1) is 6.92 Å². The summed E-state index contributed by atoms with van der Waals surface area (Å²) in [7, 11) is 1.62. The van der Waals surface area contributed by atoms with Gasteiger partial charge in [-0.15, -0.1) is 22.9 Å². The second-order valence-corrected chi connectivity index (χ2v) is 6.51. The first-order chi connectivity index (χ1) is 10.2. The van der Waals surface area contributed by atoms with Crippen molar-refractivity contribution in [2.45, 2.75) is 19.9 Å². The lowest BCUT2D eigenvalue weighted by Crippen LogP contribution is -2.06. The summed E-state index contributed by atoms with van der Waals surface area (Å²) < 4.78 is 7.36. The van der Waals surface area contributed by atoms with Crippen LogP contribution in [0.2, 0.25) is 0 Å². The van der Waals surface area contributed by atoms with Gasteiger partial charge in [-0.25, -0.2) is 4.98 Å². The minimum Gasteiger partial charge on any atom is -0.481 e. The van der Waals surface area contributed by atoms with Crippen LogP contribution in [0.15, 0.2) is 24.3 Å². The second-order valence-electron chi connectivity index (χ2n) is 4.76.